The van der Waals surface area contributed by atoms with Crippen LogP contribution in [0.15, 0.2) is 17.5 Å². The van der Waals surface area contributed by atoms with E-state index in [1.807, 2.05) is 0 Å². The van der Waals surface area contributed by atoms with Gasteiger partial charge in [0.05, 0.1) is 5.56 Å². The Morgan fingerprint density at radius 2 is 1.50 bits per heavy atom. The minimum absolute atomic E-state index is 0.0489. The number of hydrogen-bond donors (Lipinski definition) is 1. The number of benzene rings is 1. The molecule has 2 rings (SSSR count). The Labute approximate surface area is 91.6 Å². The van der Waals surface area contributed by atoms with Crippen molar-refractivity contribution in [1.29, 1.82) is 0 Å². The number of phenolic OH excluding ortho intramolecular Hbond substituents is 1. The summed E-state index contributed by atoms with van der Waals surface area (Å²) in [7, 11) is 0. The van der Waals surface area contributed by atoms with Gasteiger partial charge in [-0.05, 0) is 11.4 Å². The number of phenols is 1. The van der Waals surface area contributed by atoms with Gasteiger partial charge in [-0.3, -0.25) is 0 Å². The molecule has 0 saturated carbocycles. The van der Waals surface area contributed by atoms with Gasteiger partial charge in [0.15, 0.2) is 17.4 Å². The summed E-state index contributed by atoms with van der Waals surface area (Å²) in [6, 6.07) is 2.81. The molecule has 0 radical (unpaired) electrons. The first kappa shape index (κ1) is 10.9. The fourth-order valence-corrected chi connectivity index (χ4v) is 2.02. The lowest BCUT2D eigenvalue weighted by molar-refractivity contribution is 0.358. The first-order chi connectivity index (χ1) is 7.54. The SMILES string of the molecule is Oc1c(F)c(F)c(-c2cccs2)c(F)c1F. The molecule has 2 aromatic rings. The Bertz CT molecular complexity index is 507. The van der Waals surface area contributed by atoms with Crippen LogP contribution in [-0.2, 0) is 0 Å². The van der Waals surface area contributed by atoms with Gasteiger partial charge in [-0.1, -0.05) is 6.07 Å². The van der Waals surface area contributed by atoms with Crippen LogP contribution < -0.4 is 0 Å². The number of thiophene rings is 1. The highest BCUT2D eigenvalue weighted by Gasteiger charge is 2.26. The molecule has 1 heterocycles. The molecule has 16 heavy (non-hydrogen) atoms. The second kappa shape index (κ2) is 3.79. The first-order valence-corrected chi connectivity index (χ1v) is 5.00. The van der Waals surface area contributed by atoms with E-state index in [-0.39, 0.29) is 4.88 Å². The standard InChI is InChI=1S/C10H4F4OS/c11-6-5(4-2-1-3-16-4)7(12)9(14)10(15)8(6)13/h1-3,15H. The molecule has 0 unspecified atom stereocenters. The van der Waals surface area contributed by atoms with Crippen molar-refractivity contribution in [3.05, 3.63) is 40.8 Å². The van der Waals surface area contributed by atoms with Crippen LogP contribution in [0.3, 0.4) is 0 Å². The quantitative estimate of drug-likeness (QED) is 0.603. The number of hydrogen-bond acceptors (Lipinski definition) is 2. The van der Waals surface area contributed by atoms with Crippen LogP contribution in [0.5, 0.6) is 5.75 Å². The summed E-state index contributed by atoms with van der Waals surface area (Å²) in [5.41, 5.74) is -0.803. The largest absolute Gasteiger partial charge is 0.503 e. The summed E-state index contributed by atoms with van der Waals surface area (Å²) < 4.78 is 52.7. The average Bonchev–Trinajstić information content (AvgIpc) is 2.77. The lowest BCUT2D eigenvalue weighted by atomic mass is 10.1. The minimum Gasteiger partial charge on any atom is -0.503 e. The fraction of sp³-hybridized carbons (Fsp3) is 0. The van der Waals surface area contributed by atoms with Crippen molar-refractivity contribution in [1.82, 2.24) is 0 Å². The summed E-state index contributed by atoms with van der Waals surface area (Å²) in [6.07, 6.45) is 0. The van der Waals surface area contributed by atoms with E-state index in [0.717, 1.165) is 11.3 Å². The van der Waals surface area contributed by atoms with E-state index in [9.17, 15) is 17.6 Å². The summed E-state index contributed by atoms with van der Waals surface area (Å²) in [5.74, 6) is -8.42. The summed E-state index contributed by atoms with van der Waals surface area (Å²) in [4.78, 5) is 0.0489. The maximum absolute atomic E-state index is 13.3. The Balaban J connectivity index is 2.81. The Hall–Kier alpha value is -1.56. The molecule has 0 bridgehead atoms. The molecule has 0 aliphatic carbocycles. The molecule has 0 saturated heterocycles. The van der Waals surface area contributed by atoms with Crippen LogP contribution in [0.4, 0.5) is 17.6 Å². The normalized spacial score (nSPS) is 10.8. The lowest BCUT2D eigenvalue weighted by Crippen LogP contribution is -1.98. The van der Waals surface area contributed by atoms with Crippen LogP contribution in [-0.4, -0.2) is 5.11 Å². The molecule has 1 N–H and O–H groups in total. The maximum Gasteiger partial charge on any atom is 0.204 e. The minimum atomic E-state index is -1.79. The van der Waals surface area contributed by atoms with Gasteiger partial charge in [0.1, 0.15) is 0 Å². The smallest absolute Gasteiger partial charge is 0.204 e. The van der Waals surface area contributed by atoms with Gasteiger partial charge < -0.3 is 5.11 Å². The molecule has 0 aliphatic rings. The van der Waals surface area contributed by atoms with E-state index in [1.54, 1.807) is 0 Å². The Morgan fingerprint density at radius 3 is 1.94 bits per heavy atom. The van der Waals surface area contributed by atoms with Crippen LogP contribution in [0, 0.1) is 23.3 Å². The lowest BCUT2D eigenvalue weighted by Gasteiger charge is -2.06. The van der Waals surface area contributed by atoms with Crippen molar-refractivity contribution in [2.45, 2.75) is 0 Å². The van der Waals surface area contributed by atoms with E-state index < -0.39 is 34.6 Å². The Kier molecular flexibility index (Phi) is 2.59. The fourth-order valence-electron chi connectivity index (χ4n) is 1.26. The van der Waals surface area contributed by atoms with Crippen molar-refractivity contribution in [3.63, 3.8) is 0 Å². The second-order valence-corrected chi connectivity index (χ2v) is 3.90. The molecule has 1 aromatic carbocycles. The van der Waals surface area contributed by atoms with Gasteiger partial charge in [-0.25, -0.2) is 8.78 Å². The Morgan fingerprint density at radius 1 is 0.938 bits per heavy atom. The van der Waals surface area contributed by atoms with Gasteiger partial charge in [0.2, 0.25) is 11.6 Å². The molecule has 1 aromatic heterocycles. The van der Waals surface area contributed by atoms with Crippen molar-refractivity contribution in [2.75, 3.05) is 0 Å². The maximum atomic E-state index is 13.3. The van der Waals surface area contributed by atoms with Crippen molar-refractivity contribution < 1.29 is 22.7 Å². The highest BCUT2D eigenvalue weighted by Crippen LogP contribution is 2.36. The van der Waals surface area contributed by atoms with Gasteiger partial charge in [-0.2, -0.15) is 8.78 Å². The van der Waals surface area contributed by atoms with Crippen molar-refractivity contribution in [2.24, 2.45) is 0 Å². The summed E-state index contributed by atoms with van der Waals surface area (Å²) in [5, 5.41) is 10.3. The van der Waals surface area contributed by atoms with Crippen LogP contribution in [0.1, 0.15) is 0 Å². The monoisotopic (exact) mass is 248 g/mol. The average molecular weight is 248 g/mol. The zero-order valence-electron chi connectivity index (χ0n) is 7.60. The van der Waals surface area contributed by atoms with Crippen molar-refractivity contribution in [3.8, 4) is 16.2 Å². The first-order valence-electron chi connectivity index (χ1n) is 4.12. The summed E-state index contributed by atoms with van der Waals surface area (Å²) in [6.45, 7) is 0. The van der Waals surface area contributed by atoms with Gasteiger partial charge in [-0.15, -0.1) is 11.3 Å². The molecule has 0 fully saturated rings. The number of halogens is 4. The molecule has 6 heteroatoms. The van der Waals surface area contributed by atoms with E-state index in [1.165, 1.54) is 17.5 Å². The summed E-state index contributed by atoms with van der Waals surface area (Å²) >= 11 is 0.933. The number of rotatable bonds is 1. The predicted molar refractivity (Wildman–Crippen MR) is 51.3 cm³/mol. The molecular formula is C10H4F4OS. The van der Waals surface area contributed by atoms with Gasteiger partial charge in [0.25, 0.3) is 0 Å². The topological polar surface area (TPSA) is 20.2 Å². The molecule has 1 nitrogen and oxygen atoms in total. The van der Waals surface area contributed by atoms with E-state index in [0.29, 0.717) is 0 Å². The van der Waals surface area contributed by atoms with E-state index in [2.05, 4.69) is 0 Å². The van der Waals surface area contributed by atoms with Crippen LogP contribution in [0.2, 0.25) is 0 Å². The molecule has 0 atom stereocenters. The molecule has 0 spiro atoms. The third kappa shape index (κ3) is 1.46. The van der Waals surface area contributed by atoms with E-state index in [4.69, 9.17) is 5.11 Å². The van der Waals surface area contributed by atoms with Crippen LogP contribution in [0.25, 0.3) is 10.4 Å². The molecule has 0 amide bonds. The van der Waals surface area contributed by atoms with E-state index >= 15 is 0 Å². The van der Waals surface area contributed by atoms with Gasteiger partial charge >= 0.3 is 0 Å². The zero-order chi connectivity index (χ0) is 11.9. The third-order valence-corrected chi connectivity index (χ3v) is 2.90. The van der Waals surface area contributed by atoms with Gasteiger partial charge in [0, 0.05) is 4.88 Å². The second-order valence-electron chi connectivity index (χ2n) is 2.96. The molecule has 0 aliphatic heterocycles. The molecular weight excluding hydrogens is 244 g/mol. The third-order valence-electron chi connectivity index (χ3n) is 2.01. The van der Waals surface area contributed by atoms with Crippen molar-refractivity contribution >= 4 is 11.3 Å². The predicted octanol–water partition coefficient (Wildman–Crippen LogP) is 3.68. The zero-order valence-corrected chi connectivity index (χ0v) is 8.42. The number of aromatic hydroxyl groups is 1. The van der Waals surface area contributed by atoms with Crippen LogP contribution >= 0.6 is 11.3 Å². The highest BCUT2D eigenvalue weighted by atomic mass is 32.1. The highest BCUT2D eigenvalue weighted by molar-refractivity contribution is 7.13. The molecule has 84 valence electrons.